The van der Waals surface area contributed by atoms with E-state index in [1.807, 2.05) is 24.3 Å². The van der Waals surface area contributed by atoms with Crippen LogP contribution in [0.4, 0.5) is 0 Å². The van der Waals surface area contributed by atoms with E-state index in [1.54, 1.807) is 12.0 Å². The molecular weight excluding hydrogens is 242 g/mol. The first-order chi connectivity index (χ1) is 9.30. The largest absolute Gasteiger partial charge is 0.497 e. The zero-order valence-corrected chi connectivity index (χ0v) is 12.3. The van der Waals surface area contributed by atoms with E-state index < -0.39 is 0 Å². The Morgan fingerprint density at radius 3 is 2.42 bits per heavy atom. The smallest absolute Gasteiger partial charge is 0.123 e. The zero-order valence-electron chi connectivity index (χ0n) is 12.3. The van der Waals surface area contributed by atoms with E-state index in [2.05, 4.69) is 13.8 Å². The Bertz CT molecular complexity index is 340. The van der Waals surface area contributed by atoms with Crippen LogP contribution in [0.2, 0.25) is 0 Å². The van der Waals surface area contributed by atoms with Gasteiger partial charge in [-0.25, -0.2) is 0 Å². The quantitative estimate of drug-likeness (QED) is 0.643. The summed E-state index contributed by atoms with van der Waals surface area (Å²) in [6, 6.07) is 7.61. The molecule has 19 heavy (non-hydrogen) atoms. The summed E-state index contributed by atoms with van der Waals surface area (Å²) in [5, 5.41) is 0. The molecule has 0 aliphatic rings. The van der Waals surface area contributed by atoms with E-state index in [0.29, 0.717) is 13.2 Å². The van der Waals surface area contributed by atoms with Gasteiger partial charge >= 0.3 is 0 Å². The summed E-state index contributed by atoms with van der Waals surface area (Å²) in [7, 11) is 1.65. The number of likely N-dealkylation sites (N-methyl/N-ethyl adjacent to an activating group) is 1. The van der Waals surface area contributed by atoms with Gasteiger partial charge in [-0.2, -0.15) is 0 Å². The highest BCUT2D eigenvalue weighted by atomic mass is 16.5. The molecule has 0 aliphatic carbocycles. The first kappa shape index (κ1) is 15.8. The summed E-state index contributed by atoms with van der Waals surface area (Å²) in [5.41, 5.74) is 0. The highest BCUT2D eigenvalue weighted by Gasteiger charge is 2.01. The van der Waals surface area contributed by atoms with Crippen molar-refractivity contribution >= 4 is 0 Å². The maximum Gasteiger partial charge on any atom is 0.123 e. The topological polar surface area (TPSA) is 32.1 Å². The van der Waals surface area contributed by atoms with Gasteiger partial charge in [-0.05, 0) is 26.0 Å². The van der Waals surface area contributed by atoms with Gasteiger partial charge in [0.25, 0.3) is 0 Å². The molecule has 1 aromatic rings. The number of quaternary nitrogens is 1. The lowest BCUT2D eigenvalue weighted by atomic mass is 10.3. The number of methoxy groups -OCH3 is 1. The minimum Gasteiger partial charge on any atom is -0.497 e. The summed E-state index contributed by atoms with van der Waals surface area (Å²) in [6.07, 6.45) is 0. The molecule has 0 saturated heterocycles. The molecular formula is C15H26NO3+. The van der Waals surface area contributed by atoms with Crippen LogP contribution in [0.1, 0.15) is 13.8 Å². The summed E-state index contributed by atoms with van der Waals surface area (Å²) < 4.78 is 16.3. The Hall–Kier alpha value is -1.26. The van der Waals surface area contributed by atoms with Crippen molar-refractivity contribution in [2.75, 3.05) is 46.6 Å². The van der Waals surface area contributed by atoms with Gasteiger partial charge in [0.1, 0.15) is 24.7 Å². The van der Waals surface area contributed by atoms with Gasteiger partial charge < -0.3 is 19.1 Å². The molecule has 0 amide bonds. The second kappa shape index (κ2) is 9.64. The molecule has 0 unspecified atom stereocenters. The zero-order chi connectivity index (χ0) is 13.9. The minimum absolute atomic E-state index is 0.570. The normalized spacial score (nSPS) is 10.7. The van der Waals surface area contributed by atoms with Crippen LogP contribution in [0.15, 0.2) is 24.3 Å². The molecule has 0 saturated carbocycles. The van der Waals surface area contributed by atoms with E-state index in [9.17, 15) is 0 Å². The number of ether oxygens (including phenoxy) is 3. The third-order valence-corrected chi connectivity index (χ3v) is 3.14. The van der Waals surface area contributed by atoms with Crippen molar-refractivity contribution in [1.82, 2.24) is 0 Å². The number of benzene rings is 1. The number of hydrogen-bond acceptors (Lipinski definition) is 3. The lowest BCUT2D eigenvalue weighted by Crippen LogP contribution is -3.11. The second-order valence-electron chi connectivity index (χ2n) is 4.35. The molecule has 0 fully saturated rings. The average Bonchev–Trinajstić information content (AvgIpc) is 2.47. The highest BCUT2D eigenvalue weighted by Crippen LogP contribution is 2.18. The fourth-order valence-corrected chi connectivity index (χ4v) is 1.83. The predicted molar refractivity (Wildman–Crippen MR) is 76.2 cm³/mol. The highest BCUT2D eigenvalue weighted by molar-refractivity contribution is 5.32. The Kier molecular flexibility index (Phi) is 8.02. The Morgan fingerprint density at radius 1 is 1.00 bits per heavy atom. The molecule has 0 bridgehead atoms. The van der Waals surface area contributed by atoms with Gasteiger partial charge in [0.15, 0.2) is 0 Å². The second-order valence-corrected chi connectivity index (χ2v) is 4.35. The van der Waals surface area contributed by atoms with E-state index in [-0.39, 0.29) is 0 Å². The fourth-order valence-electron chi connectivity index (χ4n) is 1.83. The van der Waals surface area contributed by atoms with Crippen LogP contribution < -0.4 is 14.4 Å². The summed E-state index contributed by atoms with van der Waals surface area (Å²) >= 11 is 0. The molecule has 0 spiro atoms. The third-order valence-electron chi connectivity index (χ3n) is 3.14. The lowest BCUT2D eigenvalue weighted by Gasteiger charge is -2.15. The predicted octanol–water partition coefficient (Wildman–Crippen LogP) is 1.02. The summed E-state index contributed by atoms with van der Waals surface area (Å²) in [6.45, 7) is 9.75. The number of rotatable bonds is 10. The first-order valence-corrected chi connectivity index (χ1v) is 6.98. The van der Waals surface area contributed by atoms with Crippen molar-refractivity contribution in [1.29, 1.82) is 0 Å². The van der Waals surface area contributed by atoms with Gasteiger partial charge in [0.05, 0.1) is 33.4 Å². The Balaban J connectivity index is 2.10. The number of hydrogen-bond donors (Lipinski definition) is 1. The van der Waals surface area contributed by atoms with Crippen molar-refractivity contribution in [3.63, 3.8) is 0 Å². The van der Waals surface area contributed by atoms with Crippen LogP contribution in [0.3, 0.4) is 0 Å². The van der Waals surface area contributed by atoms with Gasteiger partial charge in [-0.1, -0.05) is 6.07 Å². The fraction of sp³-hybridized carbons (Fsp3) is 0.600. The third kappa shape index (κ3) is 6.45. The molecule has 1 N–H and O–H groups in total. The summed E-state index contributed by atoms with van der Waals surface area (Å²) in [5.74, 6) is 1.63. The SMILES string of the molecule is CC[NH+](CC)CCOCCOc1cccc(OC)c1. The van der Waals surface area contributed by atoms with E-state index >= 15 is 0 Å². The van der Waals surface area contributed by atoms with Crippen LogP contribution in [-0.2, 0) is 4.74 Å². The molecule has 0 heterocycles. The van der Waals surface area contributed by atoms with Gasteiger partial charge in [-0.15, -0.1) is 0 Å². The molecule has 0 aliphatic heterocycles. The molecule has 1 aromatic carbocycles. The van der Waals surface area contributed by atoms with Crippen LogP contribution in [0, 0.1) is 0 Å². The molecule has 4 nitrogen and oxygen atoms in total. The van der Waals surface area contributed by atoms with Crippen LogP contribution in [-0.4, -0.2) is 46.6 Å². The molecule has 0 atom stereocenters. The molecule has 0 aromatic heterocycles. The van der Waals surface area contributed by atoms with E-state index in [0.717, 1.165) is 37.7 Å². The maximum atomic E-state index is 5.60. The van der Waals surface area contributed by atoms with Crippen molar-refractivity contribution in [3.05, 3.63) is 24.3 Å². The number of nitrogens with one attached hydrogen (secondary N) is 1. The van der Waals surface area contributed by atoms with Crippen molar-refractivity contribution in [2.24, 2.45) is 0 Å². The van der Waals surface area contributed by atoms with Crippen LogP contribution >= 0.6 is 0 Å². The van der Waals surface area contributed by atoms with Gasteiger partial charge in [0, 0.05) is 6.07 Å². The van der Waals surface area contributed by atoms with Crippen LogP contribution in [0.25, 0.3) is 0 Å². The van der Waals surface area contributed by atoms with Crippen molar-refractivity contribution in [2.45, 2.75) is 13.8 Å². The standard InChI is InChI=1S/C15H25NO3/c1-4-16(5-2)9-10-18-11-12-19-15-8-6-7-14(13-15)17-3/h6-8,13H,4-5,9-12H2,1-3H3/p+1. The van der Waals surface area contributed by atoms with Gasteiger partial charge in [-0.3, -0.25) is 0 Å². The van der Waals surface area contributed by atoms with Crippen molar-refractivity contribution < 1.29 is 19.1 Å². The van der Waals surface area contributed by atoms with E-state index in [4.69, 9.17) is 14.2 Å². The van der Waals surface area contributed by atoms with Crippen molar-refractivity contribution in [3.8, 4) is 11.5 Å². The van der Waals surface area contributed by atoms with E-state index in [1.165, 1.54) is 0 Å². The Labute approximate surface area is 116 Å². The maximum absolute atomic E-state index is 5.60. The lowest BCUT2D eigenvalue weighted by molar-refractivity contribution is -0.896. The molecule has 4 heteroatoms. The average molecular weight is 268 g/mol. The molecule has 1 rings (SSSR count). The Morgan fingerprint density at radius 2 is 1.74 bits per heavy atom. The molecule has 0 radical (unpaired) electrons. The minimum atomic E-state index is 0.570. The first-order valence-electron chi connectivity index (χ1n) is 6.98. The van der Waals surface area contributed by atoms with Crippen LogP contribution in [0.5, 0.6) is 11.5 Å². The monoisotopic (exact) mass is 268 g/mol. The molecule has 108 valence electrons. The summed E-state index contributed by atoms with van der Waals surface area (Å²) in [4.78, 5) is 1.56. The van der Waals surface area contributed by atoms with Gasteiger partial charge in [0.2, 0.25) is 0 Å².